The second kappa shape index (κ2) is 10.9. The molecule has 3 heterocycles. The summed E-state index contributed by atoms with van der Waals surface area (Å²) >= 11 is 0. The maximum absolute atomic E-state index is 13.7. The molecule has 0 spiro atoms. The smallest absolute Gasteiger partial charge is 0.343 e. The molecule has 0 N–H and O–H groups in total. The number of hydrogen-bond donors (Lipinski definition) is 0. The van der Waals surface area contributed by atoms with Crippen molar-refractivity contribution in [2.24, 2.45) is 11.8 Å². The Balaban J connectivity index is 1.48. The first-order valence-electron chi connectivity index (χ1n) is 13.4. The van der Waals surface area contributed by atoms with Crippen molar-refractivity contribution in [3.63, 3.8) is 0 Å². The van der Waals surface area contributed by atoms with Crippen LogP contribution < -0.4 is 4.90 Å². The van der Waals surface area contributed by atoms with Crippen LogP contribution in [0.25, 0.3) is 33.7 Å². The summed E-state index contributed by atoms with van der Waals surface area (Å²) in [5.74, 6) is 1.54. The molecule has 1 aliphatic rings. The van der Waals surface area contributed by atoms with Crippen LogP contribution in [0.3, 0.4) is 0 Å². The largest absolute Gasteiger partial charge is 0.462 e. The number of furan rings is 2. The molecule has 1 amide bonds. The molecule has 0 aliphatic heterocycles. The number of rotatable bonds is 7. The highest BCUT2D eigenvalue weighted by Crippen LogP contribution is 2.37. The highest BCUT2D eigenvalue weighted by Gasteiger charge is 2.35. The number of carbonyl (C=O) groups excluding carboxylic acids is 2. The molecule has 7 heteroatoms. The van der Waals surface area contributed by atoms with Crippen LogP contribution in [-0.2, 0) is 9.53 Å². The molecule has 1 aliphatic carbocycles. The Kier molecular flexibility index (Phi) is 7.36. The molecule has 5 rings (SSSR count). The van der Waals surface area contributed by atoms with Gasteiger partial charge in [-0.25, -0.2) is 4.79 Å². The maximum atomic E-state index is 13.7. The van der Waals surface area contributed by atoms with Gasteiger partial charge in [0, 0.05) is 41.4 Å². The number of hydrogen-bond acceptors (Lipinski definition) is 6. The topological polar surface area (TPSA) is 85.8 Å². The first kappa shape index (κ1) is 25.8. The number of aromatic nitrogens is 1. The van der Waals surface area contributed by atoms with Gasteiger partial charge in [-0.3, -0.25) is 14.7 Å². The van der Waals surface area contributed by atoms with E-state index in [0.29, 0.717) is 11.7 Å². The van der Waals surface area contributed by atoms with E-state index in [1.165, 1.54) is 0 Å². The third-order valence-electron chi connectivity index (χ3n) is 7.29. The normalized spacial score (nSPS) is 17.6. The van der Waals surface area contributed by atoms with Gasteiger partial charge in [0.1, 0.15) is 22.6 Å². The zero-order valence-corrected chi connectivity index (χ0v) is 22.4. The van der Waals surface area contributed by atoms with Gasteiger partial charge in [-0.1, -0.05) is 31.2 Å². The molecule has 7 nitrogen and oxygen atoms in total. The Morgan fingerprint density at radius 1 is 1.00 bits per heavy atom. The minimum Gasteiger partial charge on any atom is -0.462 e. The molecule has 38 heavy (non-hydrogen) atoms. The lowest BCUT2D eigenvalue weighted by Crippen LogP contribution is -2.42. The van der Waals surface area contributed by atoms with E-state index < -0.39 is 5.97 Å². The first-order chi connectivity index (χ1) is 18.4. The summed E-state index contributed by atoms with van der Waals surface area (Å²) in [6, 6.07) is 14.8. The molecule has 1 saturated carbocycles. The van der Waals surface area contributed by atoms with Gasteiger partial charge in [-0.2, -0.15) is 0 Å². The number of carbonyl (C=O) groups is 2. The molecule has 1 aromatic carbocycles. The number of esters is 1. The van der Waals surface area contributed by atoms with E-state index in [1.54, 1.807) is 24.1 Å². The molecule has 198 valence electrons. The van der Waals surface area contributed by atoms with Crippen LogP contribution >= 0.6 is 0 Å². The van der Waals surface area contributed by atoms with Crippen molar-refractivity contribution in [1.82, 2.24) is 4.98 Å². The fourth-order valence-electron chi connectivity index (χ4n) is 5.16. The van der Waals surface area contributed by atoms with Crippen molar-refractivity contribution in [3.8, 4) is 22.6 Å². The van der Waals surface area contributed by atoms with Crippen molar-refractivity contribution in [2.75, 3.05) is 11.5 Å². The van der Waals surface area contributed by atoms with Gasteiger partial charge < -0.3 is 13.6 Å². The third kappa shape index (κ3) is 5.10. The fourth-order valence-corrected chi connectivity index (χ4v) is 5.16. The number of amides is 1. The van der Waals surface area contributed by atoms with E-state index in [-0.39, 0.29) is 35.9 Å². The average Bonchev–Trinajstić information content (AvgIpc) is 3.54. The van der Waals surface area contributed by atoms with Crippen molar-refractivity contribution in [2.45, 2.75) is 59.4 Å². The van der Waals surface area contributed by atoms with Crippen LogP contribution in [0.1, 0.15) is 63.7 Å². The Hall–Kier alpha value is -3.87. The van der Waals surface area contributed by atoms with Crippen LogP contribution in [-0.4, -0.2) is 29.5 Å². The van der Waals surface area contributed by atoms with Gasteiger partial charge >= 0.3 is 5.97 Å². The lowest BCUT2D eigenvalue weighted by molar-refractivity contribution is -0.124. The summed E-state index contributed by atoms with van der Waals surface area (Å²) in [6.45, 7) is 8.11. The maximum Gasteiger partial charge on any atom is 0.343 e. The summed E-state index contributed by atoms with van der Waals surface area (Å²) in [5, 5.41) is 0. The molecule has 0 radical (unpaired) electrons. The van der Waals surface area contributed by atoms with Crippen molar-refractivity contribution in [3.05, 3.63) is 60.3 Å². The molecule has 0 saturated heterocycles. The van der Waals surface area contributed by atoms with E-state index in [9.17, 15) is 9.59 Å². The molecule has 0 bridgehead atoms. The molecular weight excluding hydrogens is 480 g/mol. The molecule has 4 aromatic rings. The summed E-state index contributed by atoms with van der Waals surface area (Å²) in [4.78, 5) is 32.6. The molecule has 3 aromatic heterocycles. The highest BCUT2D eigenvalue weighted by molar-refractivity contribution is 6.03. The number of fused-ring (bicyclic) bond motifs is 1. The van der Waals surface area contributed by atoms with Gasteiger partial charge in [0.25, 0.3) is 0 Å². The Morgan fingerprint density at radius 3 is 2.26 bits per heavy atom. The van der Waals surface area contributed by atoms with Gasteiger partial charge in [0.15, 0.2) is 5.58 Å². The number of benzene rings is 1. The summed E-state index contributed by atoms with van der Waals surface area (Å²) in [7, 11) is 0. The van der Waals surface area contributed by atoms with E-state index in [4.69, 9.17) is 13.6 Å². The Morgan fingerprint density at radius 2 is 1.66 bits per heavy atom. The van der Waals surface area contributed by atoms with Crippen LogP contribution in [0, 0.1) is 11.8 Å². The van der Waals surface area contributed by atoms with E-state index in [0.717, 1.165) is 53.7 Å². The van der Waals surface area contributed by atoms with Crippen molar-refractivity contribution < 1.29 is 23.2 Å². The average molecular weight is 515 g/mol. The fraction of sp³-hybridized carbons (Fsp3) is 0.387. The first-order valence-corrected chi connectivity index (χ1v) is 13.4. The third-order valence-corrected chi connectivity index (χ3v) is 7.29. The molecule has 0 unspecified atom stereocenters. The van der Waals surface area contributed by atoms with E-state index in [2.05, 4.69) is 11.9 Å². The van der Waals surface area contributed by atoms with Crippen LogP contribution in [0.15, 0.2) is 63.6 Å². The molecule has 0 atom stereocenters. The summed E-state index contributed by atoms with van der Waals surface area (Å²) in [6.07, 6.45) is 5.50. The molecule has 1 fully saturated rings. The van der Waals surface area contributed by atoms with Crippen LogP contribution in [0.5, 0.6) is 0 Å². The summed E-state index contributed by atoms with van der Waals surface area (Å²) in [5.41, 5.74) is 3.47. The van der Waals surface area contributed by atoms with Crippen LogP contribution in [0.2, 0.25) is 0 Å². The number of pyridine rings is 1. The minimum atomic E-state index is -0.500. The minimum absolute atomic E-state index is 0.00666. The Bertz CT molecular complexity index is 1390. The quantitative estimate of drug-likeness (QED) is 0.237. The van der Waals surface area contributed by atoms with Crippen molar-refractivity contribution >= 4 is 28.9 Å². The number of ether oxygens (including phenoxy) is 1. The van der Waals surface area contributed by atoms with Crippen LogP contribution in [0.4, 0.5) is 5.88 Å². The second-order valence-corrected chi connectivity index (χ2v) is 10.4. The summed E-state index contributed by atoms with van der Waals surface area (Å²) < 4.78 is 17.6. The van der Waals surface area contributed by atoms with Crippen molar-refractivity contribution in [1.29, 1.82) is 0 Å². The lowest BCUT2D eigenvalue weighted by Gasteiger charge is -2.32. The Labute approximate surface area is 222 Å². The predicted octanol–water partition coefficient (Wildman–Crippen LogP) is 7.50. The predicted molar refractivity (Wildman–Crippen MR) is 147 cm³/mol. The SMILES string of the molecule is CCOC(=O)c1cc(-c2ccc(-c3cc4ncccc4o3)cc2)oc1N(C(=O)C1CCC(C)CC1)C(C)C. The number of anilines is 1. The van der Waals surface area contributed by atoms with E-state index >= 15 is 0 Å². The van der Waals surface area contributed by atoms with Gasteiger partial charge in [0.05, 0.1) is 6.61 Å². The van der Waals surface area contributed by atoms with Gasteiger partial charge in [0.2, 0.25) is 11.8 Å². The lowest BCUT2D eigenvalue weighted by atomic mass is 9.82. The standard InChI is InChI=1S/C31H34N2O5/c1-5-36-31(35)24-17-27(38-30(24)33(19(2)3)29(34)23-10-8-20(4)9-11-23)21-12-14-22(15-13-21)28-18-25-26(37-28)7-6-16-32-25/h6-7,12-20,23H,5,8-11H2,1-4H3. The second-order valence-electron chi connectivity index (χ2n) is 10.4. The highest BCUT2D eigenvalue weighted by atomic mass is 16.5. The molecular formula is C31H34N2O5. The zero-order chi connectivity index (χ0) is 26.8. The zero-order valence-electron chi connectivity index (χ0n) is 22.4. The van der Waals surface area contributed by atoms with Gasteiger partial charge in [-0.05, 0) is 64.5 Å². The number of nitrogens with zero attached hydrogens (tertiary/aromatic N) is 2. The van der Waals surface area contributed by atoms with E-state index in [1.807, 2.05) is 56.3 Å². The monoisotopic (exact) mass is 514 g/mol. The van der Waals surface area contributed by atoms with Gasteiger partial charge in [-0.15, -0.1) is 0 Å².